The zero-order chi connectivity index (χ0) is 58.6. The number of aromatic nitrogens is 5. The summed E-state index contributed by atoms with van der Waals surface area (Å²) in [6, 6.07) is 95.0. The Morgan fingerprint density at radius 1 is 0.261 bits per heavy atom. The highest BCUT2D eigenvalue weighted by molar-refractivity contribution is 7.26. The zero-order valence-corrected chi connectivity index (χ0v) is 48.3. The maximum atomic E-state index is 10.2. The minimum absolute atomic E-state index is 0.456. The first-order chi connectivity index (χ1) is 43.4. The van der Waals surface area contributed by atoms with Gasteiger partial charge in [0.2, 0.25) is 0 Å². The molecule has 0 aliphatic heterocycles. The van der Waals surface area contributed by atoms with Crippen molar-refractivity contribution in [2.75, 3.05) is 0 Å². The lowest BCUT2D eigenvalue weighted by atomic mass is 9.99. The van der Waals surface area contributed by atoms with E-state index in [9.17, 15) is 15.8 Å². The van der Waals surface area contributed by atoms with Crippen molar-refractivity contribution in [1.29, 1.82) is 15.8 Å². The summed E-state index contributed by atoms with van der Waals surface area (Å²) in [5.41, 5.74) is 15.4. The average molecular weight is 1160 g/mol. The molecule has 0 amide bonds. The van der Waals surface area contributed by atoms with Gasteiger partial charge in [0.15, 0.2) is 17.5 Å². The second-order valence-corrected chi connectivity index (χ2v) is 24.2. The number of benzene rings is 12. The quantitative estimate of drug-likeness (QED) is 0.149. The Kier molecular flexibility index (Phi) is 11.6. The highest BCUT2D eigenvalue weighted by Crippen LogP contribution is 2.46. The van der Waals surface area contributed by atoms with Crippen molar-refractivity contribution in [3.63, 3.8) is 0 Å². The fraction of sp³-hybridized carbons (Fsp3) is 0. The van der Waals surface area contributed by atoms with E-state index in [4.69, 9.17) is 15.0 Å². The number of fused-ring (bicyclic) bond motifs is 12. The van der Waals surface area contributed by atoms with E-state index < -0.39 is 0 Å². The molecule has 17 rings (SSSR count). The normalized spacial score (nSPS) is 11.6. The van der Waals surface area contributed by atoms with Gasteiger partial charge in [-0.1, -0.05) is 146 Å². The van der Waals surface area contributed by atoms with Crippen LogP contribution >= 0.6 is 22.7 Å². The van der Waals surface area contributed by atoms with E-state index in [1.807, 2.05) is 84.9 Å². The van der Waals surface area contributed by atoms with Crippen LogP contribution in [0.1, 0.15) is 16.7 Å². The lowest BCUT2D eigenvalue weighted by Gasteiger charge is -2.18. The molecule has 0 radical (unpaired) electrons. The topological polar surface area (TPSA) is 120 Å². The fourth-order valence-electron chi connectivity index (χ4n) is 12.9. The molecule has 12 aromatic carbocycles. The molecule has 0 N–H and O–H groups in total. The third-order valence-electron chi connectivity index (χ3n) is 17.1. The van der Waals surface area contributed by atoms with Gasteiger partial charge in [-0.3, -0.25) is 0 Å². The Morgan fingerprint density at radius 2 is 0.636 bits per heavy atom. The number of rotatable bonds is 8. The van der Waals surface area contributed by atoms with Crippen LogP contribution in [0, 0.1) is 34.0 Å². The first-order valence-corrected chi connectivity index (χ1v) is 30.4. The summed E-state index contributed by atoms with van der Waals surface area (Å²) in [6.45, 7) is 0. The van der Waals surface area contributed by atoms with E-state index >= 15 is 0 Å². The van der Waals surface area contributed by atoms with Gasteiger partial charge in [-0.05, 0) is 143 Å². The molecule has 0 saturated heterocycles. The molecule has 0 aliphatic carbocycles. The molecular weight excluding hydrogens is 1110 g/mol. The van der Waals surface area contributed by atoms with E-state index in [0.717, 1.165) is 105 Å². The Morgan fingerprint density at radius 3 is 1.09 bits per heavy atom. The molecule has 0 fully saturated rings. The number of nitriles is 3. The van der Waals surface area contributed by atoms with Gasteiger partial charge in [-0.2, -0.15) is 15.8 Å². The Hall–Kier alpha value is -11.8. The summed E-state index contributed by atoms with van der Waals surface area (Å²) in [6.07, 6.45) is 0. The molecule has 8 nitrogen and oxygen atoms in total. The van der Waals surface area contributed by atoms with Gasteiger partial charge >= 0.3 is 0 Å². The van der Waals surface area contributed by atoms with Crippen LogP contribution in [0.3, 0.4) is 0 Å². The van der Waals surface area contributed by atoms with Crippen molar-refractivity contribution >= 4 is 107 Å². The fourth-order valence-corrected chi connectivity index (χ4v) is 15.2. The number of hydrogen-bond acceptors (Lipinski definition) is 8. The van der Waals surface area contributed by atoms with Crippen LogP contribution in [-0.2, 0) is 0 Å². The van der Waals surface area contributed by atoms with Crippen molar-refractivity contribution in [3.8, 4) is 97.1 Å². The average Bonchev–Trinajstić information content (AvgIpc) is 1.68. The van der Waals surface area contributed by atoms with Crippen LogP contribution < -0.4 is 0 Å². The van der Waals surface area contributed by atoms with Crippen LogP contribution in [0.4, 0.5) is 0 Å². The van der Waals surface area contributed by atoms with Crippen molar-refractivity contribution in [2.45, 2.75) is 0 Å². The van der Waals surface area contributed by atoms with Crippen molar-refractivity contribution in [1.82, 2.24) is 24.1 Å². The Bertz CT molecular complexity index is 5630. The summed E-state index contributed by atoms with van der Waals surface area (Å²) in [5, 5.41) is 39.5. The summed E-state index contributed by atoms with van der Waals surface area (Å²) in [5.74, 6) is 1.38. The lowest BCUT2D eigenvalue weighted by molar-refractivity contribution is 1.06. The molecule has 0 bridgehead atoms. The molecule has 5 aromatic heterocycles. The van der Waals surface area contributed by atoms with Crippen LogP contribution in [0.15, 0.2) is 255 Å². The van der Waals surface area contributed by atoms with E-state index in [2.05, 4.69) is 197 Å². The molecule has 5 heterocycles. The second-order valence-electron chi connectivity index (χ2n) is 22.1. The number of nitrogens with zero attached hydrogens (tertiary/aromatic N) is 8. The monoisotopic (exact) mass is 1150 g/mol. The molecule has 10 heteroatoms. The highest BCUT2D eigenvalue weighted by atomic mass is 32.1. The number of thiophene rings is 2. The van der Waals surface area contributed by atoms with Crippen LogP contribution in [0.2, 0.25) is 0 Å². The molecule has 0 unspecified atom stereocenters. The standard InChI is InChI=1S/C78H42N8S2/c79-43-46-12-9-15-51(34-46)49-26-28-50(29-27-49)76-82-77(60-32-30-54(52-16-10-13-47(35-52)44-80)37-68(60)85-66-22-5-1-18-56(66)62-39-64-58-20-3-7-24-72(58)87-74(64)41-70(62)85)84-78(83-76)61-33-31-55(53-17-11-14-48(36-53)45-81)38-69(61)86-67-23-6-2-19-57(67)63-40-65-59-21-4-8-25-73(59)88-75(65)42-71(63)86/h1-42H. The summed E-state index contributed by atoms with van der Waals surface area (Å²) < 4.78 is 9.53. The van der Waals surface area contributed by atoms with Gasteiger partial charge < -0.3 is 9.13 Å². The zero-order valence-electron chi connectivity index (χ0n) is 46.6. The minimum Gasteiger partial charge on any atom is -0.308 e. The van der Waals surface area contributed by atoms with Crippen LogP contribution in [-0.4, -0.2) is 24.1 Å². The molecular formula is C78H42N8S2. The number of para-hydroxylation sites is 2. The molecule has 0 saturated carbocycles. The van der Waals surface area contributed by atoms with Gasteiger partial charge in [0.1, 0.15) is 0 Å². The van der Waals surface area contributed by atoms with E-state index in [1.165, 1.54) is 40.3 Å². The maximum absolute atomic E-state index is 10.2. The van der Waals surface area contributed by atoms with Gasteiger partial charge in [0, 0.05) is 78.6 Å². The highest BCUT2D eigenvalue weighted by Gasteiger charge is 2.25. The predicted octanol–water partition coefficient (Wildman–Crippen LogP) is 20.4. The van der Waals surface area contributed by atoms with E-state index in [1.54, 1.807) is 22.7 Å². The smallest absolute Gasteiger partial charge is 0.166 e. The van der Waals surface area contributed by atoms with E-state index in [0.29, 0.717) is 34.2 Å². The van der Waals surface area contributed by atoms with Gasteiger partial charge in [0.05, 0.1) is 68.3 Å². The summed E-state index contributed by atoms with van der Waals surface area (Å²) in [4.78, 5) is 16.8. The van der Waals surface area contributed by atoms with Crippen molar-refractivity contribution < 1.29 is 0 Å². The third-order valence-corrected chi connectivity index (χ3v) is 19.3. The first kappa shape index (κ1) is 50.7. The lowest BCUT2D eigenvalue weighted by Crippen LogP contribution is -2.06. The maximum Gasteiger partial charge on any atom is 0.166 e. The van der Waals surface area contributed by atoms with Crippen LogP contribution in [0.5, 0.6) is 0 Å². The van der Waals surface area contributed by atoms with Crippen molar-refractivity contribution in [2.24, 2.45) is 0 Å². The number of hydrogen-bond donors (Lipinski definition) is 0. The molecule has 0 aliphatic rings. The van der Waals surface area contributed by atoms with Gasteiger partial charge in [-0.25, -0.2) is 15.0 Å². The molecule has 0 spiro atoms. The van der Waals surface area contributed by atoms with Crippen LogP contribution in [0.25, 0.3) is 163 Å². The minimum atomic E-state index is 0.456. The largest absolute Gasteiger partial charge is 0.308 e. The molecule has 17 aromatic rings. The predicted molar refractivity (Wildman–Crippen MR) is 361 cm³/mol. The second kappa shape index (κ2) is 20.2. The Balaban J connectivity index is 0.962. The molecule has 0 atom stereocenters. The van der Waals surface area contributed by atoms with E-state index in [-0.39, 0.29) is 0 Å². The van der Waals surface area contributed by atoms with Gasteiger partial charge in [-0.15, -0.1) is 22.7 Å². The van der Waals surface area contributed by atoms with Gasteiger partial charge in [0.25, 0.3) is 0 Å². The summed E-state index contributed by atoms with van der Waals surface area (Å²) >= 11 is 3.58. The SMILES string of the molecule is N#Cc1cccc(-c2ccc(-c3nc(-c4ccc(-c5cccc(C#N)c5)cc4-n4c5ccccc5c5cc6c(cc54)sc4ccccc46)nc(-c4ccc(-c5cccc(C#N)c5)cc4-n4c5ccccc5c5cc6c(cc54)sc4ccccc46)n3)cc2)c1. The van der Waals surface area contributed by atoms with Crippen molar-refractivity contribution in [3.05, 3.63) is 271 Å². The Labute approximate surface area is 511 Å². The first-order valence-electron chi connectivity index (χ1n) is 28.8. The summed E-state index contributed by atoms with van der Waals surface area (Å²) in [7, 11) is 0. The molecule has 406 valence electrons. The third kappa shape index (κ3) is 8.19. The molecule has 88 heavy (non-hydrogen) atoms.